The average Bonchev–Trinajstić information content (AvgIpc) is 2.93. The first-order chi connectivity index (χ1) is 10.5. The second-order valence-corrected chi connectivity index (χ2v) is 6.74. The van der Waals surface area contributed by atoms with Crippen LogP contribution in [0.25, 0.3) is 0 Å². The molecule has 1 fully saturated rings. The molecule has 1 aliphatic rings. The van der Waals surface area contributed by atoms with Gasteiger partial charge in [-0.2, -0.15) is 0 Å². The highest BCUT2D eigenvalue weighted by molar-refractivity contribution is 5.81. The van der Waals surface area contributed by atoms with Gasteiger partial charge in [0.2, 0.25) is 5.91 Å². The van der Waals surface area contributed by atoms with Crippen LogP contribution in [0.4, 0.5) is 0 Å². The SMILES string of the molecule is CC(C)[C@H](N)C(=O)N(C)C[C@@H]1CCCN1Cc1ccccc1. The summed E-state index contributed by atoms with van der Waals surface area (Å²) in [5.74, 6) is 0.237. The number of likely N-dealkylation sites (N-methyl/N-ethyl adjacent to an activating group) is 1. The van der Waals surface area contributed by atoms with Gasteiger partial charge in [0.25, 0.3) is 0 Å². The Labute approximate surface area is 134 Å². The smallest absolute Gasteiger partial charge is 0.239 e. The molecule has 1 aromatic rings. The molecule has 0 aromatic heterocycles. The molecule has 1 amide bonds. The van der Waals surface area contributed by atoms with Crippen molar-refractivity contribution in [3.05, 3.63) is 35.9 Å². The lowest BCUT2D eigenvalue weighted by molar-refractivity contribution is -0.132. The third-order valence-corrected chi connectivity index (χ3v) is 4.59. The minimum absolute atomic E-state index is 0.0570. The predicted octanol–water partition coefficient (Wildman–Crippen LogP) is 2.09. The van der Waals surface area contributed by atoms with Gasteiger partial charge in [0.05, 0.1) is 6.04 Å². The molecular formula is C18H29N3O. The lowest BCUT2D eigenvalue weighted by Gasteiger charge is -2.30. The Bertz CT molecular complexity index is 474. The van der Waals surface area contributed by atoms with E-state index < -0.39 is 6.04 Å². The van der Waals surface area contributed by atoms with Crippen molar-refractivity contribution in [1.82, 2.24) is 9.80 Å². The van der Waals surface area contributed by atoms with Crippen LogP contribution in [0, 0.1) is 5.92 Å². The second kappa shape index (κ2) is 7.75. The summed E-state index contributed by atoms with van der Waals surface area (Å²) < 4.78 is 0. The van der Waals surface area contributed by atoms with Crippen LogP contribution in [0.1, 0.15) is 32.3 Å². The van der Waals surface area contributed by atoms with Crippen molar-refractivity contribution in [1.29, 1.82) is 0 Å². The van der Waals surface area contributed by atoms with E-state index in [0.717, 1.165) is 26.1 Å². The van der Waals surface area contributed by atoms with E-state index in [4.69, 9.17) is 5.73 Å². The third kappa shape index (κ3) is 4.31. The molecule has 0 bridgehead atoms. The number of carbonyl (C=O) groups excluding carboxylic acids is 1. The molecule has 122 valence electrons. The monoisotopic (exact) mass is 303 g/mol. The Balaban J connectivity index is 1.92. The standard InChI is InChI=1S/C18H29N3O/c1-14(2)17(19)18(22)20(3)13-16-10-7-11-21(16)12-15-8-5-4-6-9-15/h4-6,8-9,14,16-17H,7,10-13,19H2,1-3H3/t16-,17-/m0/s1. The highest BCUT2D eigenvalue weighted by atomic mass is 16.2. The Morgan fingerprint density at radius 2 is 2.05 bits per heavy atom. The number of hydrogen-bond donors (Lipinski definition) is 1. The van der Waals surface area contributed by atoms with Gasteiger partial charge in [0.1, 0.15) is 0 Å². The molecule has 1 aromatic carbocycles. The lowest BCUT2D eigenvalue weighted by Crippen LogP contribution is -2.48. The fraction of sp³-hybridized carbons (Fsp3) is 0.611. The Morgan fingerprint density at radius 1 is 1.36 bits per heavy atom. The molecular weight excluding hydrogens is 274 g/mol. The molecule has 0 aliphatic carbocycles. The zero-order chi connectivity index (χ0) is 16.1. The van der Waals surface area contributed by atoms with E-state index in [-0.39, 0.29) is 11.8 Å². The van der Waals surface area contributed by atoms with E-state index in [1.165, 1.54) is 12.0 Å². The van der Waals surface area contributed by atoms with Crippen LogP contribution in [0.2, 0.25) is 0 Å². The summed E-state index contributed by atoms with van der Waals surface area (Å²) in [6, 6.07) is 10.6. The van der Waals surface area contributed by atoms with E-state index in [2.05, 4.69) is 29.2 Å². The van der Waals surface area contributed by atoms with Crippen LogP contribution in [0.5, 0.6) is 0 Å². The summed E-state index contributed by atoms with van der Waals surface area (Å²) in [5.41, 5.74) is 7.32. The molecule has 0 radical (unpaired) electrons. The van der Waals surface area contributed by atoms with Crippen LogP contribution in [0.15, 0.2) is 30.3 Å². The minimum atomic E-state index is -0.394. The number of likely N-dealkylation sites (tertiary alicyclic amines) is 1. The first-order valence-corrected chi connectivity index (χ1v) is 8.27. The average molecular weight is 303 g/mol. The van der Waals surface area contributed by atoms with Gasteiger partial charge in [-0.25, -0.2) is 0 Å². The van der Waals surface area contributed by atoms with E-state index in [1.807, 2.05) is 31.9 Å². The maximum Gasteiger partial charge on any atom is 0.239 e. The third-order valence-electron chi connectivity index (χ3n) is 4.59. The largest absolute Gasteiger partial charge is 0.343 e. The Morgan fingerprint density at radius 3 is 2.68 bits per heavy atom. The molecule has 2 atom stereocenters. The first-order valence-electron chi connectivity index (χ1n) is 8.27. The van der Waals surface area contributed by atoms with Gasteiger partial charge in [-0.05, 0) is 30.9 Å². The van der Waals surface area contributed by atoms with Gasteiger partial charge < -0.3 is 10.6 Å². The van der Waals surface area contributed by atoms with Crippen molar-refractivity contribution in [2.75, 3.05) is 20.1 Å². The molecule has 22 heavy (non-hydrogen) atoms. The maximum absolute atomic E-state index is 12.3. The van der Waals surface area contributed by atoms with E-state index in [0.29, 0.717) is 6.04 Å². The van der Waals surface area contributed by atoms with Crippen LogP contribution < -0.4 is 5.73 Å². The van der Waals surface area contributed by atoms with Gasteiger partial charge >= 0.3 is 0 Å². The zero-order valence-corrected chi connectivity index (χ0v) is 14.0. The van der Waals surface area contributed by atoms with Crippen LogP contribution in [-0.4, -0.2) is 47.9 Å². The number of nitrogens with zero attached hydrogens (tertiary/aromatic N) is 2. The molecule has 2 rings (SSSR count). The summed E-state index contributed by atoms with van der Waals surface area (Å²) in [6.07, 6.45) is 2.36. The van der Waals surface area contributed by atoms with Crippen molar-refractivity contribution < 1.29 is 4.79 Å². The summed E-state index contributed by atoms with van der Waals surface area (Å²) in [4.78, 5) is 16.6. The highest BCUT2D eigenvalue weighted by Crippen LogP contribution is 2.21. The van der Waals surface area contributed by atoms with Gasteiger partial charge in [0.15, 0.2) is 0 Å². The van der Waals surface area contributed by atoms with E-state index in [9.17, 15) is 4.79 Å². The second-order valence-electron chi connectivity index (χ2n) is 6.74. The molecule has 0 unspecified atom stereocenters. The van der Waals surface area contributed by atoms with Crippen LogP contribution in [0.3, 0.4) is 0 Å². The Hall–Kier alpha value is -1.39. The number of benzene rings is 1. The summed E-state index contributed by atoms with van der Waals surface area (Å²) in [7, 11) is 1.88. The summed E-state index contributed by atoms with van der Waals surface area (Å²) in [6.45, 7) is 6.83. The fourth-order valence-corrected chi connectivity index (χ4v) is 3.07. The fourth-order valence-electron chi connectivity index (χ4n) is 3.07. The van der Waals surface area contributed by atoms with Crippen molar-refractivity contribution in [2.24, 2.45) is 11.7 Å². The van der Waals surface area contributed by atoms with Crippen LogP contribution >= 0.6 is 0 Å². The van der Waals surface area contributed by atoms with Crippen molar-refractivity contribution in [2.45, 2.75) is 45.3 Å². The maximum atomic E-state index is 12.3. The topological polar surface area (TPSA) is 49.6 Å². The molecule has 1 saturated heterocycles. The summed E-state index contributed by atoms with van der Waals surface area (Å²) in [5, 5.41) is 0. The molecule has 4 heteroatoms. The molecule has 0 spiro atoms. The number of carbonyl (C=O) groups is 1. The van der Waals surface area contributed by atoms with Gasteiger partial charge in [-0.15, -0.1) is 0 Å². The number of rotatable bonds is 6. The number of amides is 1. The van der Waals surface area contributed by atoms with Crippen LogP contribution in [-0.2, 0) is 11.3 Å². The molecule has 1 heterocycles. The molecule has 2 N–H and O–H groups in total. The summed E-state index contributed by atoms with van der Waals surface area (Å²) >= 11 is 0. The molecule has 4 nitrogen and oxygen atoms in total. The van der Waals surface area contributed by atoms with Crippen molar-refractivity contribution >= 4 is 5.91 Å². The van der Waals surface area contributed by atoms with Gasteiger partial charge in [0, 0.05) is 26.2 Å². The number of hydrogen-bond acceptors (Lipinski definition) is 3. The van der Waals surface area contributed by atoms with Gasteiger partial charge in [-0.1, -0.05) is 44.2 Å². The molecule has 0 saturated carbocycles. The van der Waals surface area contributed by atoms with Crippen molar-refractivity contribution in [3.8, 4) is 0 Å². The highest BCUT2D eigenvalue weighted by Gasteiger charge is 2.28. The normalized spacial score (nSPS) is 20.3. The predicted molar refractivity (Wildman–Crippen MR) is 90.3 cm³/mol. The Kier molecular flexibility index (Phi) is 5.98. The quantitative estimate of drug-likeness (QED) is 0.875. The van der Waals surface area contributed by atoms with Crippen molar-refractivity contribution in [3.63, 3.8) is 0 Å². The van der Waals surface area contributed by atoms with E-state index >= 15 is 0 Å². The van der Waals surface area contributed by atoms with E-state index in [1.54, 1.807) is 0 Å². The van der Waals surface area contributed by atoms with Gasteiger partial charge in [-0.3, -0.25) is 9.69 Å². The first kappa shape index (κ1) is 17.0. The minimum Gasteiger partial charge on any atom is -0.343 e. The lowest BCUT2D eigenvalue weighted by atomic mass is 10.0. The molecule has 1 aliphatic heterocycles. The zero-order valence-electron chi connectivity index (χ0n) is 14.0. The number of nitrogens with two attached hydrogens (primary N) is 1.